The van der Waals surface area contributed by atoms with Crippen molar-refractivity contribution >= 4 is 5.97 Å². The van der Waals surface area contributed by atoms with E-state index < -0.39 is 5.97 Å². The maximum Gasteiger partial charge on any atom is 0.356 e. The Morgan fingerprint density at radius 3 is 2.92 bits per heavy atom. The van der Waals surface area contributed by atoms with E-state index in [2.05, 4.69) is 14.7 Å². The zero-order valence-corrected chi connectivity index (χ0v) is 7.36. The molecule has 1 aromatic heterocycles. The Morgan fingerprint density at radius 1 is 1.54 bits per heavy atom. The van der Waals surface area contributed by atoms with Crippen molar-refractivity contribution in [3.63, 3.8) is 0 Å². The first-order chi connectivity index (χ1) is 6.31. The van der Waals surface area contributed by atoms with Crippen LogP contribution >= 0.6 is 0 Å². The molecule has 0 atom stereocenters. The molecule has 0 amide bonds. The van der Waals surface area contributed by atoms with Gasteiger partial charge in [-0.05, 0) is 18.9 Å². The fourth-order valence-electron chi connectivity index (χ4n) is 1.19. The summed E-state index contributed by atoms with van der Waals surface area (Å²) in [6, 6.07) is 1.71. The van der Waals surface area contributed by atoms with Crippen molar-refractivity contribution < 1.29 is 9.53 Å². The predicted molar refractivity (Wildman–Crippen MR) is 45.3 cm³/mol. The molecule has 13 heavy (non-hydrogen) atoms. The number of aromatic nitrogens is 2. The Morgan fingerprint density at radius 2 is 2.31 bits per heavy atom. The van der Waals surface area contributed by atoms with Crippen LogP contribution in [0.3, 0.4) is 0 Å². The number of rotatable bonds is 2. The van der Waals surface area contributed by atoms with E-state index in [1.54, 1.807) is 6.07 Å². The lowest BCUT2D eigenvalue weighted by molar-refractivity contribution is 0.0593. The highest BCUT2D eigenvalue weighted by molar-refractivity contribution is 5.87. The van der Waals surface area contributed by atoms with Crippen molar-refractivity contribution in [3.8, 4) is 0 Å². The van der Waals surface area contributed by atoms with E-state index in [0.29, 0.717) is 11.6 Å². The highest BCUT2D eigenvalue weighted by atomic mass is 16.5. The van der Waals surface area contributed by atoms with Crippen molar-refractivity contribution in [3.05, 3.63) is 23.8 Å². The van der Waals surface area contributed by atoms with Crippen LogP contribution in [0.2, 0.25) is 0 Å². The van der Waals surface area contributed by atoms with Crippen LogP contribution in [0.1, 0.15) is 34.9 Å². The van der Waals surface area contributed by atoms with E-state index in [1.165, 1.54) is 13.4 Å². The molecule has 1 saturated carbocycles. The molecule has 0 bridgehead atoms. The van der Waals surface area contributed by atoms with Gasteiger partial charge in [0.15, 0.2) is 5.69 Å². The quantitative estimate of drug-likeness (QED) is 0.637. The summed E-state index contributed by atoms with van der Waals surface area (Å²) in [5.41, 5.74) is 1.30. The van der Waals surface area contributed by atoms with Gasteiger partial charge in [0.2, 0.25) is 0 Å². The Balaban J connectivity index is 2.26. The van der Waals surface area contributed by atoms with Crippen LogP contribution in [-0.4, -0.2) is 23.0 Å². The minimum Gasteiger partial charge on any atom is -0.464 e. The molecule has 68 valence electrons. The normalized spacial score (nSPS) is 15.5. The smallest absolute Gasteiger partial charge is 0.356 e. The van der Waals surface area contributed by atoms with Gasteiger partial charge in [-0.2, -0.15) is 0 Å². The maximum absolute atomic E-state index is 11.1. The topological polar surface area (TPSA) is 52.1 Å². The first-order valence-electron chi connectivity index (χ1n) is 4.21. The van der Waals surface area contributed by atoms with Crippen molar-refractivity contribution in [2.24, 2.45) is 0 Å². The third-order valence-corrected chi connectivity index (χ3v) is 2.08. The van der Waals surface area contributed by atoms with Gasteiger partial charge in [-0.3, -0.25) is 0 Å². The average molecular weight is 178 g/mol. The number of carbonyl (C=O) groups is 1. The van der Waals surface area contributed by atoms with E-state index >= 15 is 0 Å². The second kappa shape index (κ2) is 3.12. The molecule has 1 heterocycles. The van der Waals surface area contributed by atoms with E-state index in [1.807, 2.05) is 0 Å². The number of hydrogen-bond donors (Lipinski definition) is 0. The summed E-state index contributed by atoms with van der Waals surface area (Å²) in [4.78, 5) is 19.0. The number of ether oxygens (including phenoxy) is 1. The highest BCUT2D eigenvalue weighted by Gasteiger charge is 2.25. The summed E-state index contributed by atoms with van der Waals surface area (Å²) >= 11 is 0. The maximum atomic E-state index is 11.1. The molecule has 1 aliphatic rings. The molecule has 4 nitrogen and oxygen atoms in total. The predicted octanol–water partition coefficient (Wildman–Crippen LogP) is 1.14. The lowest BCUT2D eigenvalue weighted by Crippen LogP contribution is -2.05. The third kappa shape index (κ3) is 1.66. The first kappa shape index (κ1) is 8.16. The van der Waals surface area contributed by atoms with Crippen molar-refractivity contribution in [2.75, 3.05) is 7.11 Å². The molecule has 1 aromatic rings. The minimum absolute atomic E-state index is 0.347. The fraction of sp³-hybridized carbons (Fsp3) is 0.444. The van der Waals surface area contributed by atoms with Gasteiger partial charge >= 0.3 is 5.97 Å². The lowest BCUT2D eigenvalue weighted by atomic mass is 10.2. The van der Waals surface area contributed by atoms with Crippen LogP contribution in [-0.2, 0) is 4.74 Å². The molecule has 0 N–H and O–H groups in total. The minimum atomic E-state index is -0.399. The molecule has 0 aliphatic heterocycles. The van der Waals surface area contributed by atoms with Crippen LogP contribution in [0.15, 0.2) is 12.4 Å². The molecular formula is C9H10N2O2. The molecule has 4 heteroatoms. The van der Waals surface area contributed by atoms with Gasteiger partial charge in [-0.1, -0.05) is 0 Å². The Kier molecular flexibility index (Phi) is 1.96. The van der Waals surface area contributed by atoms with E-state index in [0.717, 1.165) is 18.5 Å². The first-order valence-corrected chi connectivity index (χ1v) is 4.21. The van der Waals surface area contributed by atoms with Gasteiger partial charge in [0.1, 0.15) is 6.33 Å². The SMILES string of the molecule is COC(=O)c1cc(C2CC2)ncn1. The van der Waals surface area contributed by atoms with Gasteiger partial charge in [-0.25, -0.2) is 14.8 Å². The monoisotopic (exact) mass is 178 g/mol. The van der Waals surface area contributed by atoms with Crippen molar-refractivity contribution in [2.45, 2.75) is 18.8 Å². The summed E-state index contributed by atoms with van der Waals surface area (Å²) < 4.78 is 4.56. The second-order valence-electron chi connectivity index (χ2n) is 3.09. The third-order valence-electron chi connectivity index (χ3n) is 2.08. The van der Waals surface area contributed by atoms with Crippen LogP contribution < -0.4 is 0 Å². The van der Waals surface area contributed by atoms with Gasteiger partial charge in [0.25, 0.3) is 0 Å². The number of esters is 1. The van der Waals surface area contributed by atoms with E-state index in [4.69, 9.17) is 0 Å². The zero-order valence-electron chi connectivity index (χ0n) is 7.36. The molecule has 1 aliphatic carbocycles. The van der Waals surface area contributed by atoms with Gasteiger partial charge in [0.05, 0.1) is 7.11 Å². The summed E-state index contributed by atoms with van der Waals surface area (Å²) in [5.74, 6) is 0.135. The molecule has 0 spiro atoms. The van der Waals surface area contributed by atoms with Gasteiger partial charge in [0, 0.05) is 11.6 Å². The van der Waals surface area contributed by atoms with E-state index in [9.17, 15) is 4.79 Å². The molecule has 1 fully saturated rings. The van der Waals surface area contributed by atoms with Crippen molar-refractivity contribution in [1.29, 1.82) is 0 Å². The summed E-state index contributed by atoms with van der Waals surface area (Å²) in [7, 11) is 1.35. The zero-order chi connectivity index (χ0) is 9.26. The number of hydrogen-bond acceptors (Lipinski definition) is 4. The van der Waals surface area contributed by atoms with Crippen LogP contribution in [0.5, 0.6) is 0 Å². The Hall–Kier alpha value is -1.45. The molecule has 0 saturated heterocycles. The number of nitrogens with zero attached hydrogens (tertiary/aromatic N) is 2. The fourth-order valence-corrected chi connectivity index (χ4v) is 1.19. The second-order valence-corrected chi connectivity index (χ2v) is 3.09. The van der Waals surface area contributed by atoms with E-state index in [-0.39, 0.29) is 0 Å². The largest absolute Gasteiger partial charge is 0.464 e. The van der Waals surface area contributed by atoms with Gasteiger partial charge < -0.3 is 4.74 Å². The highest BCUT2D eigenvalue weighted by Crippen LogP contribution is 2.38. The summed E-state index contributed by atoms with van der Waals surface area (Å²) in [6.07, 6.45) is 3.75. The van der Waals surface area contributed by atoms with Crippen LogP contribution in [0, 0.1) is 0 Å². The number of carbonyl (C=O) groups excluding carboxylic acids is 1. The average Bonchev–Trinajstić information content (AvgIpc) is 3.00. The standard InChI is InChI=1S/C9H10N2O2/c1-13-9(12)8-4-7(6-2-3-6)10-5-11-8/h4-6H,2-3H2,1H3. The Bertz CT molecular complexity index is 334. The van der Waals surface area contributed by atoms with Crippen LogP contribution in [0.25, 0.3) is 0 Å². The molecule has 0 radical (unpaired) electrons. The van der Waals surface area contributed by atoms with Crippen LogP contribution in [0.4, 0.5) is 0 Å². The van der Waals surface area contributed by atoms with Crippen molar-refractivity contribution in [1.82, 2.24) is 9.97 Å². The molecule has 2 rings (SSSR count). The Labute approximate surface area is 76.0 Å². The molecule has 0 unspecified atom stereocenters. The van der Waals surface area contributed by atoms with Gasteiger partial charge in [-0.15, -0.1) is 0 Å². The summed E-state index contributed by atoms with van der Waals surface area (Å²) in [5, 5.41) is 0. The lowest BCUT2D eigenvalue weighted by Gasteiger charge is -1.99. The molecular weight excluding hydrogens is 168 g/mol. The number of methoxy groups -OCH3 is 1. The molecule has 0 aromatic carbocycles. The summed E-state index contributed by atoms with van der Waals surface area (Å²) in [6.45, 7) is 0.